The van der Waals surface area contributed by atoms with E-state index < -0.39 is 89.7 Å². The number of carboxylic acids is 2. The van der Waals surface area contributed by atoms with Crippen molar-refractivity contribution in [2.24, 2.45) is 26.2 Å². The van der Waals surface area contributed by atoms with Gasteiger partial charge >= 0.3 is 41.8 Å². The van der Waals surface area contributed by atoms with E-state index in [1.807, 2.05) is 0 Å². The predicted octanol–water partition coefficient (Wildman–Crippen LogP) is 19.7. The lowest BCUT2D eigenvalue weighted by Gasteiger charge is -2.26. The summed E-state index contributed by atoms with van der Waals surface area (Å²) in [5.41, 5.74) is -4.18. The van der Waals surface area contributed by atoms with Crippen LogP contribution < -0.4 is 0 Å². The summed E-state index contributed by atoms with van der Waals surface area (Å²) in [4.78, 5) is 96.5. The molecule has 0 aromatic rings. The number of hydrogen-bond donors (Lipinski definition) is 5. The average Bonchev–Trinajstić information content (AvgIpc) is 1.03. The maximum Gasteiger partial charge on any atom is 0.330 e. The molecule has 0 amide bonds. The molecule has 0 spiro atoms. The van der Waals surface area contributed by atoms with Gasteiger partial charge in [-0.05, 0) is 77.0 Å². The van der Waals surface area contributed by atoms with Crippen molar-refractivity contribution in [1.82, 2.24) is 0 Å². The van der Waals surface area contributed by atoms with Gasteiger partial charge in [-0.3, -0.25) is 19.2 Å². The fourth-order valence-electron chi connectivity index (χ4n) is 10.1. The van der Waals surface area contributed by atoms with Crippen LogP contribution in [-0.2, 0) is 62.0 Å². The Labute approximate surface area is 642 Å². The molecular formula is C81H141Cl3N2O18. The zero-order valence-corrected chi connectivity index (χ0v) is 67.2. The normalized spacial score (nSPS) is 12.5. The minimum atomic E-state index is -1.50. The third kappa shape index (κ3) is 72.4. The molecule has 0 heterocycles. The fraction of sp³-hybridized carbons (Fsp3) is 0.765. The monoisotopic (exact) mass is 1530 g/mol. The van der Waals surface area contributed by atoms with E-state index in [1.54, 1.807) is 0 Å². The summed E-state index contributed by atoms with van der Waals surface area (Å²) in [5, 5.41) is 42.5. The third-order valence-corrected chi connectivity index (χ3v) is 17.5. The first-order valence-corrected chi connectivity index (χ1v) is 40.0. The number of aliphatic imine (C=N–C) groups is 2. The standard InChI is InChI=1S/C30H52O6.C18H38O.C13H22N2.C11H14O6.C5H10O4.C3H3ClO.CH2Cl2/c1-5-8-9-10-11-12-13-14-15-16-17-18-19-20-21-22-23-24-34-29(33)30(4,25-35-27(31)6-2)26-36-28(32)7-3;1-2-3-4-5-6-7-8-9-10-11-12-13-14-15-16-17-18-19;1-3-7-12(8-4-1)14-11-15-13-9-5-2-6-10-13;1-4-8(12)16-6-11(3,10(14)15)7-17-9(13)5-2;1-5(2-6,3-7)4(8)9;1-2-3(4)5;2-1-3/h6-7H,2-3,5,8-26H2,1,4H3;19H,2-18H2,1H3;12-13H,1-10H2;4-5H,1-2,6-7H2,3H3,(H,14,15);6-7H,2-3H2,1H3,(H,8,9);2H,1H2;1H2. The van der Waals surface area contributed by atoms with Gasteiger partial charge < -0.3 is 49.2 Å². The SMILES string of the molecule is C(=NC1CCCCC1)=NC1CCCCC1.C=CC(=O)Cl.C=CC(=O)OCC(C)(COC(=O)C=C)C(=O)O.C=CC(=O)OCC(C)(COC(=O)C=C)C(=O)OCCCCCCCCCCCCCCCCCCC.CC(CO)(CO)C(=O)O.CCCCCCCCCCCCCCCCCCO.ClCCl. The summed E-state index contributed by atoms with van der Waals surface area (Å²) >= 11 is 14.2. The van der Waals surface area contributed by atoms with Gasteiger partial charge in [-0.15, -0.1) is 23.2 Å². The van der Waals surface area contributed by atoms with Gasteiger partial charge in [0.15, 0.2) is 0 Å². The molecule has 0 aromatic carbocycles. The molecule has 2 fully saturated rings. The van der Waals surface area contributed by atoms with Crippen LogP contribution in [0.1, 0.15) is 311 Å². The molecule has 0 unspecified atom stereocenters. The number of rotatable bonds is 54. The molecule has 0 aromatic heterocycles. The third-order valence-electron chi connectivity index (χ3n) is 17.3. The maximum atomic E-state index is 12.6. The van der Waals surface area contributed by atoms with Gasteiger partial charge in [0.1, 0.15) is 42.7 Å². The van der Waals surface area contributed by atoms with E-state index in [-0.39, 0.29) is 25.2 Å². The van der Waals surface area contributed by atoms with E-state index in [2.05, 4.69) is 72.2 Å². The Kier molecular flexibility index (Phi) is 81.4. The first-order chi connectivity index (χ1) is 49.9. The Balaban J connectivity index is -0.000000407. The molecule has 104 heavy (non-hydrogen) atoms. The lowest BCUT2D eigenvalue weighted by Crippen LogP contribution is -2.40. The van der Waals surface area contributed by atoms with Crippen LogP contribution in [0.5, 0.6) is 0 Å². The summed E-state index contributed by atoms with van der Waals surface area (Å²) in [6.45, 7) is 23.0. The van der Waals surface area contributed by atoms with Crippen LogP contribution in [0.25, 0.3) is 0 Å². The van der Waals surface area contributed by atoms with Gasteiger partial charge in [0.2, 0.25) is 5.24 Å². The van der Waals surface area contributed by atoms with Gasteiger partial charge in [0, 0.05) is 30.9 Å². The van der Waals surface area contributed by atoms with Crippen molar-refractivity contribution in [3.05, 3.63) is 63.3 Å². The number of nitrogens with zero attached hydrogens (tertiary/aromatic N) is 2. The molecule has 2 saturated carbocycles. The quantitative estimate of drug-likeness (QED) is 0.00719. The number of aliphatic hydroxyl groups is 3. The number of aliphatic carboxylic acids is 2. The smallest absolute Gasteiger partial charge is 0.330 e. The lowest BCUT2D eigenvalue weighted by molar-refractivity contribution is -0.168. The van der Waals surface area contributed by atoms with E-state index in [1.165, 1.54) is 271 Å². The largest absolute Gasteiger partial charge is 0.481 e. The molecule has 23 heteroatoms. The number of hydrogen-bond acceptors (Lipinski definition) is 18. The van der Waals surface area contributed by atoms with Gasteiger partial charge in [0.05, 0.1) is 43.3 Å². The molecule has 5 N–H and O–H groups in total. The van der Waals surface area contributed by atoms with Crippen molar-refractivity contribution in [3.8, 4) is 0 Å². The molecule has 0 atom stereocenters. The van der Waals surface area contributed by atoms with E-state index in [0.717, 1.165) is 56.1 Å². The highest BCUT2D eigenvalue weighted by molar-refractivity contribution is 6.66. The number of esters is 5. The highest BCUT2D eigenvalue weighted by Gasteiger charge is 2.39. The van der Waals surface area contributed by atoms with Crippen molar-refractivity contribution in [3.63, 3.8) is 0 Å². The molecule has 2 aliphatic rings. The van der Waals surface area contributed by atoms with Gasteiger partial charge in [-0.2, -0.15) is 0 Å². The molecule has 604 valence electrons. The Bertz CT molecular complexity index is 2180. The summed E-state index contributed by atoms with van der Waals surface area (Å²) in [7, 11) is 0. The molecule has 2 rings (SSSR count). The zero-order chi connectivity index (χ0) is 79.2. The van der Waals surface area contributed by atoms with Crippen LogP contribution in [0.3, 0.4) is 0 Å². The predicted molar refractivity (Wildman–Crippen MR) is 421 cm³/mol. The minimum absolute atomic E-state index is 0.194. The first-order valence-electron chi connectivity index (χ1n) is 38.6. The van der Waals surface area contributed by atoms with Crippen molar-refractivity contribution in [2.75, 3.05) is 58.2 Å². The Morgan fingerprint density at radius 2 is 0.635 bits per heavy atom. The highest BCUT2D eigenvalue weighted by atomic mass is 35.5. The van der Waals surface area contributed by atoms with E-state index in [9.17, 15) is 38.4 Å². The van der Waals surface area contributed by atoms with Crippen LogP contribution in [0.2, 0.25) is 0 Å². The van der Waals surface area contributed by atoms with Crippen LogP contribution in [0.4, 0.5) is 0 Å². The van der Waals surface area contributed by atoms with E-state index in [0.29, 0.717) is 18.7 Å². The van der Waals surface area contributed by atoms with Gasteiger partial charge in [-0.25, -0.2) is 29.2 Å². The molecule has 0 aliphatic heterocycles. The maximum absolute atomic E-state index is 12.6. The van der Waals surface area contributed by atoms with Crippen molar-refractivity contribution in [2.45, 2.75) is 323 Å². The number of aliphatic hydroxyl groups excluding tert-OH is 3. The fourth-order valence-corrected chi connectivity index (χ4v) is 10.1. The molecular weight excluding hydrogens is 1400 g/mol. The molecule has 0 bridgehead atoms. The second-order valence-electron chi connectivity index (χ2n) is 27.2. The van der Waals surface area contributed by atoms with Crippen LogP contribution >= 0.6 is 34.8 Å². The second kappa shape index (κ2) is 78.8. The topological polar surface area (TPSA) is 309 Å². The second-order valence-corrected chi connectivity index (χ2v) is 28.4. The number of carbonyl (C=O) groups is 8. The number of carboxylic acid groups (broad SMARTS) is 2. The van der Waals surface area contributed by atoms with Gasteiger partial charge in [0.25, 0.3) is 0 Å². The number of alkyl halides is 2. The first kappa shape index (κ1) is 107. The number of ether oxygens (including phenoxy) is 5. The molecule has 0 saturated heterocycles. The lowest BCUT2D eigenvalue weighted by atomic mass is 9.93. The molecule has 20 nitrogen and oxygen atoms in total. The summed E-state index contributed by atoms with van der Waals surface area (Å²) in [6.07, 6.45) is 62.1. The van der Waals surface area contributed by atoms with Crippen LogP contribution in [0.15, 0.2) is 73.3 Å². The van der Waals surface area contributed by atoms with Crippen LogP contribution in [0, 0.1) is 16.2 Å². The Morgan fingerprint density at radius 3 is 0.846 bits per heavy atom. The van der Waals surface area contributed by atoms with Crippen molar-refractivity contribution >= 4 is 87.8 Å². The number of allylic oxidation sites excluding steroid dienone is 1. The molecule has 2 aliphatic carbocycles. The molecule has 0 radical (unpaired) electrons. The minimum Gasteiger partial charge on any atom is -0.481 e. The van der Waals surface area contributed by atoms with E-state index >= 15 is 0 Å². The number of unbranched alkanes of at least 4 members (excludes halogenated alkanes) is 31. The van der Waals surface area contributed by atoms with Gasteiger partial charge in [-0.1, -0.05) is 284 Å². The summed E-state index contributed by atoms with van der Waals surface area (Å²) in [5.74, 6) is -5.79. The zero-order valence-electron chi connectivity index (χ0n) is 64.9. The Morgan fingerprint density at radius 1 is 0.394 bits per heavy atom. The van der Waals surface area contributed by atoms with Crippen LogP contribution in [-0.4, -0.2) is 149 Å². The Hall–Kier alpha value is -5.21. The summed E-state index contributed by atoms with van der Waals surface area (Å²) < 4.78 is 24.7. The van der Waals surface area contributed by atoms with Crippen molar-refractivity contribution < 1.29 is 87.6 Å². The number of halogens is 3. The highest BCUT2D eigenvalue weighted by Crippen LogP contribution is 2.25. The number of carbonyl (C=O) groups excluding carboxylic acids is 6. The summed E-state index contributed by atoms with van der Waals surface area (Å²) in [6, 6.07) is 4.04. The van der Waals surface area contributed by atoms with E-state index in [4.69, 9.17) is 74.5 Å². The average molecular weight is 1540 g/mol. The van der Waals surface area contributed by atoms with Crippen molar-refractivity contribution in [1.29, 1.82) is 0 Å².